The van der Waals surface area contributed by atoms with Crippen molar-refractivity contribution in [2.75, 3.05) is 12.4 Å². The van der Waals surface area contributed by atoms with Crippen molar-refractivity contribution in [2.24, 2.45) is 4.99 Å². The standard InChI is InChI=1S/C21H19BrN4O2/c1-28-19-6-2-5-16(12-19)20(27)26-21(24-14-15-4-3-11-23-13-15)25-18-9-7-17(22)8-10-18/h2-13H,14H2,1H3,(H2,24,25,26,27). The number of aliphatic imine (C=N–C) groups is 1. The van der Waals surface area contributed by atoms with Crippen molar-refractivity contribution in [1.29, 1.82) is 0 Å². The van der Waals surface area contributed by atoms with Gasteiger partial charge < -0.3 is 10.1 Å². The summed E-state index contributed by atoms with van der Waals surface area (Å²) in [6.07, 6.45) is 3.45. The summed E-state index contributed by atoms with van der Waals surface area (Å²) in [6.45, 7) is 0.380. The van der Waals surface area contributed by atoms with Crippen LogP contribution >= 0.6 is 15.9 Å². The van der Waals surface area contributed by atoms with E-state index in [9.17, 15) is 4.79 Å². The van der Waals surface area contributed by atoms with Gasteiger partial charge in [-0.15, -0.1) is 0 Å². The Balaban J connectivity index is 1.79. The van der Waals surface area contributed by atoms with Gasteiger partial charge in [-0.25, -0.2) is 4.99 Å². The SMILES string of the molecule is COc1cccc(C(=O)NC(=NCc2cccnc2)Nc2ccc(Br)cc2)c1. The molecule has 0 aliphatic heterocycles. The molecular weight excluding hydrogens is 420 g/mol. The summed E-state index contributed by atoms with van der Waals surface area (Å²) in [6, 6.07) is 18.3. The normalized spacial score (nSPS) is 11.0. The van der Waals surface area contributed by atoms with Crippen LogP contribution in [-0.2, 0) is 6.54 Å². The highest BCUT2D eigenvalue weighted by Crippen LogP contribution is 2.15. The Morgan fingerprint density at radius 2 is 1.96 bits per heavy atom. The van der Waals surface area contributed by atoms with Crippen molar-refractivity contribution in [3.63, 3.8) is 0 Å². The van der Waals surface area contributed by atoms with Crippen molar-refractivity contribution < 1.29 is 9.53 Å². The molecular formula is C21H19BrN4O2. The molecule has 6 nitrogen and oxygen atoms in total. The number of hydrogen-bond donors (Lipinski definition) is 2. The average Bonchev–Trinajstić information content (AvgIpc) is 2.74. The number of carbonyl (C=O) groups is 1. The fourth-order valence-corrected chi connectivity index (χ4v) is 2.65. The van der Waals surface area contributed by atoms with E-state index in [1.807, 2.05) is 36.4 Å². The molecule has 2 aromatic carbocycles. The molecule has 0 fully saturated rings. The van der Waals surface area contributed by atoms with Crippen LogP contribution in [0.5, 0.6) is 5.75 Å². The molecule has 2 N–H and O–H groups in total. The van der Waals surface area contributed by atoms with Gasteiger partial charge in [0.05, 0.1) is 13.7 Å². The lowest BCUT2D eigenvalue weighted by Crippen LogP contribution is -2.36. The second-order valence-corrected chi connectivity index (χ2v) is 6.76. The summed E-state index contributed by atoms with van der Waals surface area (Å²) >= 11 is 3.41. The van der Waals surface area contributed by atoms with E-state index in [4.69, 9.17) is 4.74 Å². The molecule has 0 unspecified atom stereocenters. The molecule has 0 spiro atoms. The van der Waals surface area contributed by atoms with Crippen LogP contribution < -0.4 is 15.4 Å². The molecule has 1 amide bonds. The zero-order valence-corrected chi connectivity index (χ0v) is 16.8. The number of benzene rings is 2. The summed E-state index contributed by atoms with van der Waals surface area (Å²) in [5.41, 5.74) is 2.22. The Morgan fingerprint density at radius 3 is 2.68 bits per heavy atom. The van der Waals surface area contributed by atoms with Crippen molar-refractivity contribution >= 4 is 33.5 Å². The third-order valence-corrected chi connectivity index (χ3v) is 4.34. The summed E-state index contributed by atoms with van der Waals surface area (Å²) in [4.78, 5) is 21.3. The summed E-state index contributed by atoms with van der Waals surface area (Å²) < 4.78 is 6.15. The number of anilines is 1. The first-order valence-corrected chi connectivity index (χ1v) is 9.35. The molecule has 0 radical (unpaired) electrons. The lowest BCUT2D eigenvalue weighted by Gasteiger charge is -2.12. The molecule has 1 heterocycles. The highest BCUT2D eigenvalue weighted by molar-refractivity contribution is 9.10. The van der Waals surface area contributed by atoms with Gasteiger partial charge >= 0.3 is 0 Å². The van der Waals surface area contributed by atoms with E-state index in [-0.39, 0.29) is 5.91 Å². The largest absolute Gasteiger partial charge is 0.497 e. The number of methoxy groups -OCH3 is 1. The third-order valence-electron chi connectivity index (χ3n) is 3.81. The van der Waals surface area contributed by atoms with Crippen LogP contribution in [0.2, 0.25) is 0 Å². The van der Waals surface area contributed by atoms with Gasteiger partial charge in [-0.3, -0.25) is 15.1 Å². The molecule has 3 aromatic rings. The van der Waals surface area contributed by atoms with E-state index in [0.717, 1.165) is 15.7 Å². The van der Waals surface area contributed by atoms with Gasteiger partial charge in [0.25, 0.3) is 5.91 Å². The third kappa shape index (κ3) is 5.65. The number of guanidine groups is 1. The molecule has 0 saturated carbocycles. The van der Waals surface area contributed by atoms with Crippen LogP contribution in [0.15, 0.2) is 82.5 Å². The van der Waals surface area contributed by atoms with E-state index in [2.05, 4.69) is 36.5 Å². The minimum absolute atomic E-state index is 0.284. The maximum atomic E-state index is 12.7. The highest BCUT2D eigenvalue weighted by atomic mass is 79.9. The molecule has 0 saturated heterocycles. The summed E-state index contributed by atoms with van der Waals surface area (Å²) in [5, 5.41) is 5.98. The fourth-order valence-electron chi connectivity index (χ4n) is 2.39. The Bertz CT molecular complexity index is 960. The molecule has 0 bridgehead atoms. The molecule has 142 valence electrons. The van der Waals surface area contributed by atoms with Crippen LogP contribution in [-0.4, -0.2) is 24.0 Å². The lowest BCUT2D eigenvalue weighted by molar-refractivity contribution is 0.0976. The molecule has 28 heavy (non-hydrogen) atoms. The Labute approximate surface area is 171 Å². The van der Waals surface area contributed by atoms with Crippen LogP contribution in [0.1, 0.15) is 15.9 Å². The van der Waals surface area contributed by atoms with Crippen molar-refractivity contribution in [3.05, 3.63) is 88.7 Å². The fraction of sp³-hybridized carbons (Fsp3) is 0.0952. The predicted molar refractivity (Wildman–Crippen MR) is 114 cm³/mol. The number of amides is 1. The first kappa shape index (κ1) is 19.6. The van der Waals surface area contributed by atoms with Gasteiger partial charge in [0, 0.05) is 28.1 Å². The van der Waals surface area contributed by atoms with Gasteiger partial charge in [-0.05, 0) is 54.1 Å². The van der Waals surface area contributed by atoms with Crippen molar-refractivity contribution in [1.82, 2.24) is 10.3 Å². The predicted octanol–water partition coefficient (Wildman–Crippen LogP) is 4.25. The summed E-state index contributed by atoms with van der Waals surface area (Å²) in [5.74, 6) is 0.676. The van der Waals surface area contributed by atoms with E-state index in [1.54, 1.807) is 43.8 Å². The van der Waals surface area contributed by atoms with Gasteiger partial charge in [0.2, 0.25) is 5.96 Å². The molecule has 1 aromatic heterocycles. The number of aromatic nitrogens is 1. The van der Waals surface area contributed by atoms with Gasteiger partial charge in [-0.2, -0.15) is 0 Å². The maximum absolute atomic E-state index is 12.7. The molecule has 0 aliphatic carbocycles. The Hall–Kier alpha value is -3.19. The van der Waals surface area contributed by atoms with Gasteiger partial charge in [0.15, 0.2) is 0 Å². The quantitative estimate of drug-likeness (QED) is 0.461. The topological polar surface area (TPSA) is 75.6 Å². The first-order chi connectivity index (χ1) is 13.6. The van der Waals surface area contributed by atoms with Gasteiger partial charge in [0.1, 0.15) is 5.75 Å². The second-order valence-electron chi connectivity index (χ2n) is 5.84. The molecule has 7 heteroatoms. The van der Waals surface area contributed by atoms with Crippen LogP contribution in [0, 0.1) is 0 Å². The van der Waals surface area contributed by atoms with E-state index in [0.29, 0.717) is 23.8 Å². The Morgan fingerprint density at radius 1 is 1.14 bits per heavy atom. The summed E-state index contributed by atoms with van der Waals surface area (Å²) in [7, 11) is 1.56. The van der Waals surface area contributed by atoms with Crippen LogP contribution in [0.25, 0.3) is 0 Å². The number of carbonyl (C=O) groups excluding carboxylic acids is 1. The lowest BCUT2D eigenvalue weighted by atomic mass is 10.2. The molecule has 3 rings (SSSR count). The second kappa shape index (κ2) is 9.66. The minimum atomic E-state index is -0.284. The Kier molecular flexibility index (Phi) is 6.75. The maximum Gasteiger partial charge on any atom is 0.258 e. The molecule has 0 aliphatic rings. The van der Waals surface area contributed by atoms with Crippen molar-refractivity contribution in [3.8, 4) is 5.75 Å². The van der Waals surface area contributed by atoms with Crippen LogP contribution in [0.4, 0.5) is 5.69 Å². The van der Waals surface area contributed by atoms with Gasteiger partial charge in [-0.1, -0.05) is 28.1 Å². The monoisotopic (exact) mass is 438 g/mol. The number of halogens is 1. The highest BCUT2D eigenvalue weighted by Gasteiger charge is 2.10. The average molecular weight is 439 g/mol. The number of rotatable bonds is 5. The number of ether oxygens (including phenoxy) is 1. The van der Waals surface area contributed by atoms with Crippen molar-refractivity contribution in [2.45, 2.75) is 6.54 Å². The van der Waals surface area contributed by atoms with E-state index in [1.165, 1.54) is 0 Å². The van der Waals surface area contributed by atoms with Crippen LogP contribution in [0.3, 0.4) is 0 Å². The first-order valence-electron chi connectivity index (χ1n) is 8.55. The van der Waals surface area contributed by atoms with E-state index >= 15 is 0 Å². The number of hydrogen-bond acceptors (Lipinski definition) is 4. The van der Waals surface area contributed by atoms with E-state index < -0.39 is 0 Å². The molecule has 0 atom stereocenters. The zero-order chi connectivity index (χ0) is 19.8. The number of nitrogens with zero attached hydrogens (tertiary/aromatic N) is 2. The zero-order valence-electron chi connectivity index (χ0n) is 15.2. The number of pyridine rings is 1. The number of nitrogens with one attached hydrogen (secondary N) is 2. The smallest absolute Gasteiger partial charge is 0.258 e. The minimum Gasteiger partial charge on any atom is -0.497 e.